The summed E-state index contributed by atoms with van der Waals surface area (Å²) in [5.74, 6) is 0.710. The van der Waals surface area contributed by atoms with Crippen molar-refractivity contribution in [1.29, 1.82) is 0 Å². The summed E-state index contributed by atoms with van der Waals surface area (Å²) >= 11 is 3.41. The molecule has 1 N–H and O–H groups in total. The second-order valence-corrected chi connectivity index (χ2v) is 3.69. The minimum atomic E-state index is 0.0370. The van der Waals surface area contributed by atoms with Crippen LogP contribution in [0.2, 0.25) is 0 Å². The molecule has 72 valence electrons. The van der Waals surface area contributed by atoms with E-state index >= 15 is 0 Å². The highest BCUT2D eigenvalue weighted by molar-refractivity contribution is 9.10. The molecule has 0 aliphatic carbocycles. The van der Waals surface area contributed by atoms with Gasteiger partial charge in [0.1, 0.15) is 0 Å². The van der Waals surface area contributed by atoms with Crippen LogP contribution in [-0.2, 0) is 6.61 Å². The molecule has 0 amide bonds. The summed E-state index contributed by atoms with van der Waals surface area (Å²) in [5, 5.41) is 8.93. The van der Waals surface area contributed by atoms with Gasteiger partial charge in [0.2, 0.25) is 0 Å². The van der Waals surface area contributed by atoms with Gasteiger partial charge in [-0.3, -0.25) is 0 Å². The van der Waals surface area contributed by atoms with Crippen LogP contribution in [-0.4, -0.2) is 10.1 Å². The molecule has 0 bridgehead atoms. The molecule has 0 unspecified atom stereocenters. The van der Waals surface area contributed by atoms with Crippen LogP contribution in [0.5, 0.6) is 0 Å². The molecule has 2 aromatic rings. The minimum absolute atomic E-state index is 0.0370. The number of hydrogen-bond acceptors (Lipinski definition) is 3. The van der Waals surface area contributed by atoms with Crippen molar-refractivity contribution < 1.29 is 9.52 Å². The van der Waals surface area contributed by atoms with E-state index in [9.17, 15) is 0 Å². The first-order chi connectivity index (χ1) is 6.81. The third kappa shape index (κ3) is 1.71. The lowest BCUT2D eigenvalue weighted by Gasteiger charge is -2.02. The standard InChI is InChI=1S/C10H8BrNO2/c11-9-3-7(5-13)1-2-8(9)10-4-12-6-14-10/h1-4,6,13H,5H2. The van der Waals surface area contributed by atoms with E-state index in [4.69, 9.17) is 9.52 Å². The summed E-state index contributed by atoms with van der Waals surface area (Å²) in [6.45, 7) is 0.0370. The predicted molar refractivity (Wildman–Crippen MR) is 55.6 cm³/mol. The second-order valence-electron chi connectivity index (χ2n) is 2.84. The fourth-order valence-electron chi connectivity index (χ4n) is 1.21. The number of aromatic nitrogens is 1. The van der Waals surface area contributed by atoms with Crippen molar-refractivity contribution in [2.24, 2.45) is 0 Å². The van der Waals surface area contributed by atoms with E-state index in [-0.39, 0.29) is 6.61 Å². The van der Waals surface area contributed by atoms with Crippen LogP contribution in [0, 0.1) is 0 Å². The highest BCUT2D eigenvalue weighted by atomic mass is 79.9. The van der Waals surface area contributed by atoms with E-state index in [2.05, 4.69) is 20.9 Å². The van der Waals surface area contributed by atoms with Crippen LogP contribution in [0.4, 0.5) is 0 Å². The average Bonchev–Trinajstić information content (AvgIpc) is 2.70. The number of aliphatic hydroxyl groups excluding tert-OH is 1. The zero-order chi connectivity index (χ0) is 9.97. The lowest BCUT2D eigenvalue weighted by Crippen LogP contribution is -1.84. The molecule has 1 heterocycles. The number of aliphatic hydroxyl groups is 1. The summed E-state index contributed by atoms with van der Waals surface area (Å²) < 4.78 is 6.06. The van der Waals surface area contributed by atoms with Gasteiger partial charge in [0.15, 0.2) is 12.2 Å². The Morgan fingerprint density at radius 1 is 1.43 bits per heavy atom. The minimum Gasteiger partial charge on any atom is -0.443 e. The molecule has 0 saturated carbocycles. The summed E-state index contributed by atoms with van der Waals surface area (Å²) in [7, 11) is 0. The van der Waals surface area contributed by atoms with Gasteiger partial charge >= 0.3 is 0 Å². The Balaban J connectivity index is 2.46. The van der Waals surface area contributed by atoms with Crippen molar-refractivity contribution in [2.45, 2.75) is 6.61 Å². The van der Waals surface area contributed by atoms with Crippen molar-refractivity contribution in [3.05, 3.63) is 40.8 Å². The fraction of sp³-hybridized carbons (Fsp3) is 0.100. The Labute approximate surface area is 89.5 Å². The molecule has 0 spiro atoms. The first-order valence-corrected chi connectivity index (χ1v) is 4.88. The van der Waals surface area contributed by atoms with Crippen LogP contribution >= 0.6 is 15.9 Å². The number of oxazole rings is 1. The Morgan fingerprint density at radius 3 is 2.86 bits per heavy atom. The average molecular weight is 254 g/mol. The third-order valence-electron chi connectivity index (χ3n) is 1.91. The molecular weight excluding hydrogens is 246 g/mol. The van der Waals surface area contributed by atoms with Gasteiger partial charge in [-0.2, -0.15) is 0 Å². The van der Waals surface area contributed by atoms with E-state index in [1.54, 1.807) is 6.20 Å². The quantitative estimate of drug-likeness (QED) is 0.895. The van der Waals surface area contributed by atoms with Gasteiger partial charge < -0.3 is 9.52 Å². The maximum absolute atomic E-state index is 8.93. The molecule has 0 saturated heterocycles. The van der Waals surface area contributed by atoms with E-state index < -0.39 is 0 Å². The largest absolute Gasteiger partial charge is 0.443 e. The van der Waals surface area contributed by atoms with Crippen molar-refractivity contribution in [3.63, 3.8) is 0 Å². The van der Waals surface area contributed by atoms with Crippen molar-refractivity contribution in [1.82, 2.24) is 4.98 Å². The molecule has 0 fully saturated rings. The summed E-state index contributed by atoms with van der Waals surface area (Å²) in [5.41, 5.74) is 1.79. The summed E-state index contributed by atoms with van der Waals surface area (Å²) in [6.07, 6.45) is 3.04. The maximum atomic E-state index is 8.93. The Bertz CT molecular complexity index is 426. The number of benzene rings is 1. The first kappa shape index (κ1) is 9.43. The predicted octanol–water partition coefficient (Wildman–Crippen LogP) is 2.60. The molecule has 14 heavy (non-hydrogen) atoms. The van der Waals surface area contributed by atoms with Gasteiger partial charge in [0, 0.05) is 10.0 Å². The van der Waals surface area contributed by atoms with E-state index in [1.807, 2.05) is 18.2 Å². The van der Waals surface area contributed by atoms with Crippen LogP contribution in [0.1, 0.15) is 5.56 Å². The zero-order valence-electron chi connectivity index (χ0n) is 7.27. The van der Waals surface area contributed by atoms with Crippen molar-refractivity contribution in [3.8, 4) is 11.3 Å². The lowest BCUT2D eigenvalue weighted by atomic mass is 10.1. The van der Waals surface area contributed by atoms with E-state index in [1.165, 1.54) is 6.39 Å². The van der Waals surface area contributed by atoms with Crippen LogP contribution < -0.4 is 0 Å². The molecule has 0 atom stereocenters. The molecule has 0 aliphatic heterocycles. The molecular formula is C10H8BrNO2. The van der Waals surface area contributed by atoms with Gasteiger partial charge in [-0.15, -0.1) is 0 Å². The third-order valence-corrected chi connectivity index (χ3v) is 2.57. The number of nitrogens with zero attached hydrogens (tertiary/aromatic N) is 1. The molecule has 1 aromatic heterocycles. The van der Waals surface area contributed by atoms with Gasteiger partial charge in [0.25, 0.3) is 0 Å². The topological polar surface area (TPSA) is 46.3 Å². The first-order valence-electron chi connectivity index (χ1n) is 4.09. The van der Waals surface area contributed by atoms with Gasteiger partial charge in [-0.1, -0.05) is 22.0 Å². The Kier molecular flexibility index (Phi) is 2.65. The maximum Gasteiger partial charge on any atom is 0.181 e. The van der Waals surface area contributed by atoms with Crippen LogP contribution in [0.3, 0.4) is 0 Å². The van der Waals surface area contributed by atoms with E-state index in [0.29, 0.717) is 5.76 Å². The SMILES string of the molecule is OCc1ccc(-c2cnco2)c(Br)c1. The summed E-state index contributed by atoms with van der Waals surface area (Å²) in [4.78, 5) is 3.85. The van der Waals surface area contributed by atoms with Gasteiger partial charge in [-0.25, -0.2) is 4.98 Å². The monoisotopic (exact) mass is 253 g/mol. The Morgan fingerprint density at radius 2 is 2.29 bits per heavy atom. The zero-order valence-corrected chi connectivity index (χ0v) is 8.86. The number of hydrogen-bond donors (Lipinski definition) is 1. The fourth-order valence-corrected chi connectivity index (χ4v) is 1.83. The normalized spacial score (nSPS) is 10.4. The number of halogens is 1. The summed E-state index contributed by atoms with van der Waals surface area (Å²) in [6, 6.07) is 5.59. The second kappa shape index (κ2) is 3.94. The molecule has 3 nitrogen and oxygen atoms in total. The smallest absolute Gasteiger partial charge is 0.181 e. The van der Waals surface area contributed by atoms with Gasteiger partial charge in [0.05, 0.1) is 12.8 Å². The van der Waals surface area contributed by atoms with Crippen molar-refractivity contribution in [2.75, 3.05) is 0 Å². The van der Waals surface area contributed by atoms with Crippen LogP contribution in [0.25, 0.3) is 11.3 Å². The highest BCUT2D eigenvalue weighted by Gasteiger charge is 2.06. The molecule has 0 radical (unpaired) electrons. The van der Waals surface area contributed by atoms with Crippen LogP contribution in [0.15, 0.2) is 39.7 Å². The van der Waals surface area contributed by atoms with Crippen molar-refractivity contribution >= 4 is 15.9 Å². The molecule has 1 aromatic carbocycles. The molecule has 4 heteroatoms. The Hall–Kier alpha value is -1.13. The van der Waals surface area contributed by atoms with Gasteiger partial charge in [-0.05, 0) is 17.7 Å². The van der Waals surface area contributed by atoms with E-state index in [0.717, 1.165) is 15.6 Å². The molecule has 0 aliphatic rings. The number of rotatable bonds is 2. The lowest BCUT2D eigenvalue weighted by molar-refractivity contribution is 0.282. The highest BCUT2D eigenvalue weighted by Crippen LogP contribution is 2.28. The molecule has 2 rings (SSSR count).